The van der Waals surface area contributed by atoms with Gasteiger partial charge in [0.2, 0.25) is 0 Å². The molecule has 1 N–H and O–H groups in total. The van der Waals surface area contributed by atoms with Crippen LogP contribution >= 0.6 is 0 Å². The number of hydrogen-bond donors (Lipinski definition) is 1. The minimum absolute atomic E-state index is 0.0730. The maximum atomic E-state index is 12.1. The van der Waals surface area contributed by atoms with Crippen LogP contribution in [0.1, 0.15) is 36.1 Å². The molecule has 6 nitrogen and oxygen atoms in total. The molecule has 0 radical (unpaired) electrons. The van der Waals surface area contributed by atoms with E-state index < -0.39 is 0 Å². The summed E-state index contributed by atoms with van der Waals surface area (Å²) < 4.78 is 1.95. The number of aromatic nitrogens is 3. The van der Waals surface area contributed by atoms with Crippen molar-refractivity contribution in [3.05, 3.63) is 60.2 Å². The lowest BCUT2D eigenvalue weighted by atomic mass is 10.2. The third-order valence-electron chi connectivity index (χ3n) is 4.20. The second-order valence-corrected chi connectivity index (χ2v) is 5.92. The summed E-state index contributed by atoms with van der Waals surface area (Å²) in [6, 6.07) is 10.9. The Kier molecular flexibility index (Phi) is 4.88. The topological polar surface area (TPSA) is 76.9 Å². The normalized spacial score (nSPS) is 12.1. The van der Waals surface area contributed by atoms with Crippen LogP contribution in [0.15, 0.2) is 48.8 Å². The average Bonchev–Trinajstić information content (AvgIpc) is 2.99. The molecule has 3 aromatic rings. The minimum atomic E-state index is -0.295. The SMILES string of the molecule is CC(=O)C(C)n1c(CCNC(=O)c2cccnc2)nc2ccccc21. The number of Topliss-reactive ketones (excluding diaryl/α,β-unsaturated/α-hetero) is 1. The number of nitrogens with zero attached hydrogens (tertiary/aromatic N) is 3. The summed E-state index contributed by atoms with van der Waals surface area (Å²) in [5.41, 5.74) is 2.30. The summed E-state index contributed by atoms with van der Waals surface area (Å²) in [5, 5.41) is 2.87. The highest BCUT2D eigenvalue weighted by atomic mass is 16.1. The molecule has 0 aliphatic heterocycles. The third-order valence-corrected chi connectivity index (χ3v) is 4.20. The van der Waals surface area contributed by atoms with Crippen LogP contribution in [0.3, 0.4) is 0 Å². The van der Waals surface area contributed by atoms with Gasteiger partial charge >= 0.3 is 0 Å². The number of pyridine rings is 1. The number of amides is 1. The summed E-state index contributed by atoms with van der Waals surface area (Å²) in [5.74, 6) is 0.689. The molecule has 1 unspecified atom stereocenters. The fourth-order valence-electron chi connectivity index (χ4n) is 2.77. The second-order valence-electron chi connectivity index (χ2n) is 5.92. The van der Waals surface area contributed by atoms with E-state index in [0.29, 0.717) is 18.5 Å². The number of nitrogens with one attached hydrogen (secondary N) is 1. The smallest absolute Gasteiger partial charge is 0.252 e. The molecule has 0 saturated heterocycles. The van der Waals surface area contributed by atoms with Gasteiger partial charge in [-0.3, -0.25) is 14.6 Å². The molecule has 0 saturated carbocycles. The zero-order valence-corrected chi connectivity index (χ0v) is 14.3. The predicted molar refractivity (Wildman–Crippen MR) is 95.4 cm³/mol. The van der Waals surface area contributed by atoms with E-state index in [-0.39, 0.29) is 17.7 Å². The Morgan fingerprint density at radius 2 is 2.00 bits per heavy atom. The predicted octanol–water partition coefficient (Wildman–Crippen LogP) is 2.55. The number of fused-ring (bicyclic) bond motifs is 1. The molecule has 1 atom stereocenters. The molecule has 25 heavy (non-hydrogen) atoms. The van der Waals surface area contributed by atoms with Crippen molar-refractivity contribution in [2.75, 3.05) is 6.54 Å². The van der Waals surface area contributed by atoms with Gasteiger partial charge in [-0.1, -0.05) is 12.1 Å². The number of hydrogen-bond acceptors (Lipinski definition) is 4. The number of rotatable bonds is 6. The van der Waals surface area contributed by atoms with Crippen LogP contribution in [-0.2, 0) is 11.2 Å². The molecule has 0 spiro atoms. The number of para-hydroxylation sites is 2. The van der Waals surface area contributed by atoms with E-state index in [9.17, 15) is 9.59 Å². The van der Waals surface area contributed by atoms with E-state index in [1.54, 1.807) is 25.3 Å². The fourth-order valence-corrected chi connectivity index (χ4v) is 2.77. The fraction of sp³-hybridized carbons (Fsp3) is 0.263. The van der Waals surface area contributed by atoms with Gasteiger partial charge in [0.15, 0.2) is 5.78 Å². The highest BCUT2D eigenvalue weighted by molar-refractivity contribution is 5.93. The highest BCUT2D eigenvalue weighted by Crippen LogP contribution is 2.22. The molecular weight excluding hydrogens is 316 g/mol. The van der Waals surface area contributed by atoms with E-state index in [0.717, 1.165) is 16.9 Å². The van der Waals surface area contributed by atoms with Crippen molar-refractivity contribution in [1.29, 1.82) is 0 Å². The Hall–Kier alpha value is -3.02. The molecule has 0 aliphatic rings. The maximum absolute atomic E-state index is 12.1. The van der Waals surface area contributed by atoms with E-state index >= 15 is 0 Å². The van der Waals surface area contributed by atoms with Crippen LogP contribution in [0.4, 0.5) is 0 Å². The van der Waals surface area contributed by atoms with E-state index in [1.807, 2.05) is 35.8 Å². The zero-order valence-electron chi connectivity index (χ0n) is 14.3. The Balaban J connectivity index is 1.78. The van der Waals surface area contributed by atoms with Gasteiger partial charge in [0.05, 0.1) is 22.6 Å². The number of carbonyl (C=O) groups excluding carboxylic acids is 2. The Labute approximate surface area is 145 Å². The van der Waals surface area contributed by atoms with Gasteiger partial charge in [-0.05, 0) is 38.1 Å². The molecule has 0 bridgehead atoms. The number of imidazole rings is 1. The molecule has 1 amide bonds. The Morgan fingerprint density at radius 1 is 1.20 bits per heavy atom. The lowest BCUT2D eigenvalue weighted by molar-refractivity contribution is -0.119. The van der Waals surface area contributed by atoms with Gasteiger partial charge in [0.1, 0.15) is 5.82 Å². The van der Waals surface area contributed by atoms with Crippen molar-refractivity contribution in [2.45, 2.75) is 26.3 Å². The molecule has 2 heterocycles. The number of ketones is 1. The van der Waals surface area contributed by atoms with Crippen LogP contribution in [-0.4, -0.2) is 32.8 Å². The summed E-state index contributed by atoms with van der Waals surface area (Å²) >= 11 is 0. The summed E-state index contributed by atoms with van der Waals surface area (Å²) in [4.78, 5) is 32.6. The first-order chi connectivity index (χ1) is 12.1. The highest BCUT2D eigenvalue weighted by Gasteiger charge is 2.18. The van der Waals surface area contributed by atoms with Crippen molar-refractivity contribution < 1.29 is 9.59 Å². The van der Waals surface area contributed by atoms with Gasteiger partial charge in [-0.25, -0.2) is 4.98 Å². The standard InChI is InChI=1S/C19H20N4O2/c1-13(14(2)24)23-17-8-4-3-7-16(17)22-18(23)9-11-21-19(25)15-6-5-10-20-12-15/h3-8,10,12-13H,9,11H2,1-2H3,(H,21,25). The monoisotopic (exact) mass is 336 g/mol. The third kappa shape index (κ3) is 3.57. The van der Waals surface area contributed by atoms with Crippen molar-refractivity contribution in [2.24, 2.45) is 0 Å². The lowest BCUT2D eigenvalue weighted by Gasteiger charge is -2.15. The van der Waals surface area contributed by atoms with Gasteiger partial charge < -0.3 is 9.88 Å². The summed E-state index contributed by atoms with van der Waals surface area (Å²) in [6.07, 6.45) is 3.70. The minimum Gasteiger partial charge on any atom is -0.352 e. The maximum Gasteiger partial charge on any atom is 0.252 e. The van der Waals surface area contributed by atoms with Gasteiger partial charge in [0, 0.05) is 25.4 Å². The van der Waals surface area contributed by atoms with Gasteiger partial charge in [0.25, 0.3) is 5.91 Å². The molecule has 128 valence electrons. The van der Waals surface area contributed by atoms with Crippen molar-refractivity contribution >= 4 is 22.7 Å². The van der Waals surface area contributed by atoms with Gasteiger partial charge in [-0.2, -0.15) is 0 Å². The van der Waals surface area contributed by atoms with Gasteiger partial charge in [-0.15, -0.1) is 0 Å². The van der Waals surface area contributed by atoms with Crippen molar-refractivity contribution in [3.63, 3.8) is 0 Å². The molecule has 0 fully saturated rings. The first-order valence-electron chi connectivity index (χ1n) is 8.22. The zero-order chi connectivity index (χ0) is 17.8. The van der Waals surface area contributed by atoms with Crippen LogP contribution < -0.4 is 5.32 Å². The Morgan fingerprint density at radius 3 is 2.72 bits per heavy atom. The average molecular weight is 336 g/mol. The number of carbonyl (C=O) groups is 2. The lowest BCUT2D eigenvalue weighted by Crippen LogP contribution is -2.27. The van der Waals surface area contributed by atoms with Crippen LogP contribution in [0.2, 0.25) is 0 Å². The molecule has 3 rings (SSSR count). The van der Waals surface area contributed by atoms with Crippen LogP contribution in [0.25, 0.3) is 11.0 Å². The molecule has 0 aliphatic carbocycles. The molecule has 1 aromatic carbocycles. The molecular formula is C19H20N4O2. The first kappa shape index (κ1) is 16.8. The number of benzene rings is 1. The van der Waals surface area contributed by atoms with E-state index in [4.69, 9.17) is 0 Å². The van der Waals surface area contributed by atoms with Crippen LogP contribution in [0.5, 0.6) is 0 Å². The van der Waals surface area contributed by atoms with Crippen LogP contribution in [0, 0.1) is 0 Å². The van der Waals surface area contributed by atoms with E-state index in [1.165, 1.54) is 6.20 Å². The summed E-state index contributed by atoms with van der Waals surface area (Å²) in [6.45, 7) is 3.88. The first-order valence-corrected chi connectivity index (χ1v) is 8.22. The molecule has 6 heteroatoms. The van der Waals surface area contributed by atoms with Crippen molar-refractivity contribution in [3.8, 4) is 0 Å². The van der Waals surface area contributed by atoms with Crippen molar-refractivity contribution in [1.82, 2.24) is 19.9 Å². The second kappa shape index (κ2) is 7.25. The summed E-state index contributed by atoms with van der Waals surface area (Å²) in [7, 11) is 0. The quantitative estimate of drug-likeness (QED) is 0.750. The Bertz CT molecular complexity index is 902. The van der Waals surface area contributed by atoms with E-state index in [2.05, 4.69) is 15.3 Å². The largest absolute Gasteiger partial charge is 0.352 e. The molecule has 2 aromatic heterocycles.